The van der Waals surface area contributed by atoms with E-state index in [2.05, 4.69) is 6.92 Å². The van der Waals surface area contributed by atoms with Gasteiger partial charge < -0.3 is 4.74 Å². The molecule has 0 aliphatic heterocycles. The van der Waals surface area contributed by atoms with Crippen LogP contribution in [0.25, 0.3) is 5.57 Å². The van der Waals surface area contributed by atoms with E-state index >= 15 is 0 Å². The molecule has 17 heavy (non-hydrogen) atoms. The molecule has 0 atom stereocenters. The zero-order valence-corrected chi connectivity index (χ0v) is 10.8. The van der Waals surface area contributed by atoms with Gasteiger partial charge in [-0.15, -0.1) is 0 Å². The van der Waals surface area contributed by atoms with Crippen molar-refractivity contribution in [2.24, 2.45) is 0 Å². The number of rotatable bonds is 5. The maximum Gasteiger partial charge on any atom is 0.338 e. The van der Waals surface area contributed by atoms with E-state index in [4.69, 9.17) is 4.74 Å². The van der Waals surface area contributed by atoms with Crippen LogP contribution in [-0.4, -0.2) is 12.6 Å². The van der Waals surface area contributed by atoms with Crippen molar-refractivity contribution in [1.29, 1.82) is 0 Å². The predicted molar refractivity (Wildman–Crippen MR) is 70.7 cm³/mol. The quantitative estimate of drug-likeness (QED) is 0.439. The van der Waals surface area contributed by atoms with E-state index in [0.717, 1.165) is 18.4 Å². The molecule has 2 nitrogen and oxygen atoms in total. The molecule has 0 unspecified atom stereocenters. The Labute approximate surface area is 103 Å². The van der Waals surface area contributed by atoms with Crippen molar-refractivity contribution < 1.29 is 9.53 Å². The maximum absolute atomic E-state index is 11.8. The van der Waals surface area contributed by atoms with Gasteiger partial charge in [-0.2, -0.15) is 0 Å². The molecular formula is C15H20O2. The van der Waals surface area contributed by atoms with Crippen molar-refractivity contribution in [3.8, 4) is 0 Å². The summed E-state index contributed by atoms with van der Waals surface area (Å²) in [4.78, 5) is 11.8. The van der Waals surface area contributed by atoms with Gasteiger partial charge in [0.05, 0.1) is 12.2 Å². The molecule has 0 saturated carbocycles. The van der Waals surface area contributed by atoms with Gasteiger partial charge in [0.25, 0.3) is 0 Å². The first-order valence-corrected chi connectivity index (χ1v) is 6.09. The molecule has 0 radical (unpaired) electrons. The Balaban J connectivity index is 2.72. The normalized spacial score (nSPS) is 11.4. The average Bonchev–Trinajstić information content (AvgIpc) is 2.33. The van der Waals surface area contributed by atoms with Crippen molar-refractivity contribution in [3.05, 3.63) is 41.5 Å². The second-order valence-corrected chi connectivity index (χ2v) is 4.06. The minimum atomic E-state index is -0.232. The Kier molecular flexibility index (Phi) is 5.47. The molecule has 0 fully saturated rings. The molecule has 0 bridgehead atoms. The number of aryl methyl sites for hydroxylation is 1. The van der Waals surface area contributed by atoms with Crippen molar-refractivity contribution in [1.82, 2.24) is 0 Å². The number of hydrogen-bond acceptors (Lipinski definition) is 2. The van der Waals surface area contributed by atoms with Crippen LogP contribution in [0.15, 0.2) is 30.3 Å². The molecule has 0 amide bonds. The SMILES string of the molecule is C/C=C(/C(=O)OCCCC)c1ccc(C)cc1. The fraction of sp³-hybridized carbons (Fsp3) is 0.400. The fourth-order valence-corrected chi connectivity index (χ4v) is 1.52. The second-order valence-electron chi connectivity index (χ2n) is 4.06. The van der Waals surface area contributed by atoms with Gasteiger partial charge >= 0.3 is 5.97 Å². The Morgan fingerprint density at radius 2 is 1.94 bits per heavy atom. The molecular weight excluding hydrogens is 212 g/mol. The Morgan fingerprint density at radius 3 is 2.47 bits per heavy atom. The third-order valence-electron chi connectivity index (χ3n) is 2.60. The lowest BCUT2D eigenvalue weighted by atomic mass is 10.0. The smallest absolute Gasteiger partial charge is 0.338 e. The van der Waals surface area contributed by atoms with Crippen LogP contribution in [0.2, 0.25) is 0 Å². The molecule has 0 heterocycles. The number of allylic oxidation sites excluding steroid dienone is 1. The number of ether oxygens (including phenoxy) is 1. The van der Waals surface area contributed by atoms with Crippen LogP contribution in [0.4, 0.5) is 0 Å². The molecule has 0 aromatic heterocycles. The fourth-order valence-electron chi connectivity index (χ4n) is 1.52. The minimum absolute atomic E-state index is 0.232. The van der Waals surface area contributed by atoms with Crippen LogP contribution in [0.1, 0.15) is 37.8 Å². The lowest BCUT2D eigenvalue weighted by Gasteiger charge is -2.08. The molecule has 92 valence electrons. The van der Waals surface area contributed by atoms with E-state index in [0.29, 0.717) is 12.2 Å². The minimum Gasteiger partial charge on any atom is -0.462 e. The molecule has 1 aromatic rings. The maximum atomic E-state index is 11.8. The lowest BCUT2D eigenvalue weighted by molar-refractivity contribution is -0.136. The predicted octanol–water partition coefficient (Wildman–Crippen LogP) is 3.74. The first-order chi connectivity index (χ1) is 8.19. The van der Waals surface area contributed by atoms with Gasteiger partial charge in [-0.05, 0) is 25.8 Å². The molecule has 2 heteroatoms. The van der Waals surface area contributed by atoms with Crippen LogP contribution in [-0.2, 0) is 9.53 Å². The van der Waals surface area contributed by atoms with Gasteiger partial charge in [-0.3, -0.25) is 0 Å². The number of hydrogen-bond donors (Lipinski definition) is 0. The van der Waals surface area contributed by atoms with Crippen molar-refractivity contribution >= 4 is 11.5 Å². The summed E-state index contributed by atoms with van der Waals surface area (Å²) in [5.74, 6) is -0.232. The van der Waals surface area contributed by atoms with E-state index in [1.807, 2.05) is 38.1 Å². The Bertz CT molecular complexity index is 388. The van der Waals surface area contributed by atoms with Crippen LogP contribution in [0.3, 0.4) is 0 Å². The summed E-state index contributed by atoms with van der Waals surface area (Å²) < 4.78 is 5.21. The number of esters is 1. The van der Waals surface area contributed by atoms with Crippen molar-refractivity contribution in [3.63, 3.8) is 0 Å². The number of carbonyl (C=O) groups is 1. The Hall–Kier alpha value is -1.57. The van der Waals surface area contributed by atoms with Crippen molar-refractivity contribution in [2.45, 2.75) is 33.6 Å². The number of carbonyl (C=O) groups excluding carboxylic acids is 1. The van der Waals surface area contributed by atoms with E-state index in [9.17, 15) is 4.79 Å². The van der Waals surface area contributed by atoms with E-state index in [-0.39, 0.29) is 5.97 Å². The zero-order chi connectivity index (χ0) is 12.7. The number of unbranched alkanes of at least 4 members (excludes halogenated alkanes) is 1. The molecule has 0 spiro atoms. The topological polar surface area (TPSA) is 26.3 Å². The van der Waals surface area contributed by atoms with E-state index in [1.54, 1.807) is 6.08 Å². The molecule has 1 rings (SSSR count). The zero-order valence-electron chi connectivity index (χ0n) is 10.8. The van der Waals surface area contributed by atoms with Crippen LogP contribution in [0, 0.1) is 6.92 Å². The van der Waals surface area contributed by atoms with Gasteiger partial charge in [-0.1, -0.05) is 49.2 Å². The molecule has 1 aromatic carbocycles. The standard InChI is InChI=1S/C15H20O2/c1-4-6-11-17-15(16)14(5-2)13-9-7-12(3)8-10-13/h5,7-10H,4,6,11H2,1-3H3/b14-5+. The van der Waals surface area contributed by atoms with Crippen molar-refractivity contribution in [2.75, 3.05) is 6.61 Å². The Morgan fingerprint density at radius 1 is 1.29 bits per heavy atom. The second kappa shape index (κ2) is 6.89. The van der Waals surface area contributed by atoms with Crippen LogP contribution in [0.5, 0.6) is 0 Å². The van der Waals surface area contributed by atoms with Crippen LogP contribution >= 0.6 is 0 Å². The number of benzene rings is 1. The molecule has 0 aliphatic carbocycles. The summed E-state index contributed by atoms with van der Waals surface area (Å²) in [5.41, 5.74) is 2.74. The summed E-state index contributed by atoms with van der Waals surface area (Å²) >= 11 is 0. The summed E-state index contributed by atoms with van der Waals surface area (Å²) in [7, 11) is 0. The summed E-state index contributed by atoms with van der Waals surface area (Å²) in [6, 6.07) is 7.90. The monoisotopic (exact) mass is 232 g/mol. The van der Waals surface area contributed by atoms with E-state index in [1.165, 1.54) is 5.56 Å². The summed E-state index contributed by atoms with van der Waals surface area (Å²) in [5, 5.41) is 0. The third-order valence-corrected chi connectivity index (χ3v) is 2.60. The first kappa shape index (κ1) is 13.5. The average molecular weight is 232 g/mol. The summed E-state index contributed by atoms with van der Waals surface area (Å²) in [6.45, 7) is 6.46. The highest BCUT2D eigenvalue weighted by Crippen LogP contribution is 2.16. The van der Waals surface area contributed by atoms with Gasteiger partial charge in [0.2, 0.25) is 0 Å². The highest BCUT2D eigenvalue weighted by Gasteiger charge is 2.11. The van der Waals surface area contributed by atoms with Gasteiger partial charge in [0.15, 0.2) is 0 Å². The highest BCUT2D eigenvalue weighted by atomic mass is 16.5. The van der Waals surface area contributed by atoms with E-state index < -0.39 is 0 Å². The highest BCUT2D eigenvalue weighted by molar-refractivity contribution is 6.16. The molecule has 0 saturated heterocycles. The lowest BCUT2D eigenvalue weighted by Crippen LogP contribution is -2.08. The van der Waals surface area contributed by atoms with Gasteiger partial charge in [-0.25, -0.2) is 4.79 Å². The van der Waals surface area contributed by atoms with Gasteiger partial charge in [0, 0.05) is 0 Å². The van der Waals surface area contributed by atoms with Crippen LogP contribution < -0.4 is 0 Å². The molecule has 0 aliphatic rings. The van der Waals surface area contributed by atoms with Gasteiger partial charge in [0.1, 0.15) is 0 Å². The largest absolute Gasteiger partial charge is 0.462 e. The summed E-state index contributed by atoms with van der Waals surface area (Å²) in [6.07, 6.45) is 3.75. The molecule has 0 N–H and O–H groups in total. The third kappa shape index (κ3) is 4.06. The first-order valence-electron chi connectivity index (χ1n) is 6.09.